The maximum absolute atomic E-state index is 5.34. The van der Waals surface area contributed by atoms with Crippen LogP contribution < -0.4 is 4.74 Å². The van der Waals surface area contributed by atoms with Crippen molar-refractivity contribution in [2.45, 2.75) is 6.61 Å². The first-order valence-electron chi connectivity index (χ1n) is 5.66. The first-order chi connectivity index (χ1) is 9.42. The lowest BCUT2D eigenvalue weighted by Crippen LogP contribution is -1.99. The van der Waals surface area contributed by atoms with Crippen molar-refractivity contribution in [3.8, 4) is 17.3 Å². The van der Waals surface area contributed by atoms with Crippen molar-refractivity contribution in [3.63, 3.8) is 0 Å². The molecule has 3 heterocycles. The van der Waals surface area contributed by atoms with Crippen LogP contribution in [0, 0.1) is 0 Å². The summed E-state index contributed by atoms with van der Waals surface area (Å²) < 4.78 is 10.4. The second-order valence-electron chi connectivity index (χ2n) is 3.68. The van der Waals surface area contributed by atoms with E-state index in [0.29, 0.717) is 5.89 Å². The molecule has 0 saturated heterocycles. The second-order valence-corrected chi connectivity index (χ2v) is 3.68. The molecule has 6 nitrogen and oxygen atoms in total. The van der Waals surface area contributed by atoms with Crippen molar-refractivity contribution in [2.75, 3.05) is 0 Å². The number of pyridine rings is 1. The molecule has 0 bridgehead atoms. The Morgan fingerprint density at radius 3 is 2.58 bits per heavy atom. The Balaban J connectivity index is 1.69. The maximum atomic E-state index is 5.34. The Labute approximate surface area is 109 Å². The van der Waals surface area contributed by atoms with Gasteiger partial charge in [0.1, 0.15) is 6.26 Å². The molecule has 0 radical (unpaired) electrons. The smallest absolute Gasteiger partial charge is 0.316 e. The van der Waals surface area contributed by atoms with E-state index in [9.17, 15) is 0 Å². The third-order valence-corrected chi connectivity index (χ3v) is 2.40. The largest absolute Gasteiger partial charge is 0.453 e. The van der Waals surface area contributed by atoms with Crippen LogP contribution in [-0.4, -0.2) is 19.9 Å². The Morgan fingerprint density at radius 1 is 1.00 bits per heavy atom. The molecule has 3 aromatic heterocycles. The molecule has 0 aliphatic rings. The van der Waals surface area contributed by atoms with Gasteiger partial charge in [-0.25, -0.2) is 15.0 Å². The molecule has 0 spiro atoms. The highest BCUT2D eigenvalue weighted by Crippen LogP contribution is 2.15. The SMILES string of the molecule is c1ccc(-c2cnc(OCc3ncco3)nc2)nc1. The summed E-state index contributed by atoms with van der Waals surface area (Å²) >= 11 is 0. The molecule has 19 heavy (non-hydrogen) atoms. The molecule has 6 heteroatoms. The van der Waals surface area contributed by atoms with Gasteiger partial charge >= 0.3 is 6.01 Å². The molecular weight excluding hydrogens is 244 g/mol. The fourth-order valence-corrected chi connectivity index (χ4v) is 1.51. The van der Waals surface area contributed by atoms with Crippen LogP contribution >= 0.6 is 0 Å². The third-order valence-electron chi connectivity index (χ3n) is 2.40. The molecule has 94 valence electrons. The highest BCUT2D eigenvalue weighted by Gasteiger charge is 2.04. The number of rotatable bonds is 4. The van der Waals surface area contributed by atoms with Crippen LogP contribution in [0.15, 0.2) is 53.7 Å². The molecule has 0 aromatic carbocycles. The van der Waals surface area contributed by atoms with Gasteiger partial charge in [0, 0.05) is 24.2 Å². The summed E-state index contributed by atoms with van der Waals surface area (Å²) in [4.78, 5) is 16.4. The van der Waals surface area contributed by atoms with Crippen LogP contribution in [0.2, 0.25) is 0 Å². The molecule has 0 fully saturated rings. The average molecular weight is 254 g/mol. The van der Waals surface area contributed by atoms with Crippen LogP contribution in [0.3, 0.4) is 0 Å². The predicted molar refractivity (Wildman–Crippen MR) is 66.1 cm³/mol. The Kier molecular flexibility index (Phi) is 3.14. The van der Waals surface area contributed by atoms with E-state index in [1.54, 1.807) is 24.8 Å². The summed E-state index contributed by atoms with van der Waals surface area (Å²) in [5, 5.41) is 0. The standard InChI is InChI=1S/C13H10N4O2/c1-2-4-14-11(3-1)10-7-16-13(17-8-10)19-9-12-15-5-6-18-12/h1-8H,9H2. The van der Waals surface area contributed by atoms with Crippen molar-refractivity contribution in [1.29, 1.82) is 0 Å². The van der Waals surface area contributed by atoms with Crippen LogP contribution in [0.25, 0.3) is 11.3 Å². The highest BCUT2D eigenvalue weighted by atomic mass is 16.5. The van der Waals surface area contributed by atoms with Gasteiger partial charge in [0.2, 0.25) is 5.89 Å². The van der Waals surface area contributed by atoms with Gasteiger partial charge in [-0.2, -0.15) is 0 Å². The lowest BCUT2D eigenvalue weighted by Gasteiger charge is -2.02. The average Bonchev–Trinajstić information content (AvgIpc) is 3.00. The van der Waals surface area contributed by atoms with Crippen LogP contribution in [0.4, 0.5) is 0 Å². The first-order valence-corrected chi connectivity index (χ1v) is 5.66. The van der Waals surface area contributed by atoms with Crippen molar-refractivity contribution in [1.82, 2.24) is 19.9 Å². The summed E-state index contributed by atoms with van der Waals surface area (Å²) in [7, 11) is 0. The van der Waals surface area contributed by atoms with Gasteiger partial charge in [-0.05, 0) is 12.1 Å². The van der Waals surface area contributed by atoms with E-state index in [2.05, 4.69) is 19.9 Å². The normalized spacial score (nSPS) is 10.3. The molecule has 0 atom stereocenters. The zero-order chi connectivity index (χ0) is 12.9. The topological polar surface area (TPSA) is 73.9 Å². The lowest BCUT2D eigenvalue weighted by molar-refractivity contribution is 0.243. The molecule has 0 saturated carbocycles. The van der Waals surface area contributed by atoms with Gasteiger partial charge in [0.25, 0.3) is 0 Å². The van der Waals surface area contributed by atoms with Gasteiger partial charge < -0.3 is 9.15 Å². The number of aromatic nitrogens is 4. The summed E-state index contributed by atoms with van der Waals surface area (Å²) in [5.41, 5.74) is 1.66. The van der Waals surface area contributed by atoms with E-state index in [4.69, 9.17) is 9.15 Å². The molecule has 0 unspecified atom stereocenters. The predicted octanol–water partition coefficient (Wildman–Crippen LogP) is 2.11. The van der Waals surface area contributed by atoms with Crippen molar-refractivity contribution >= 4 is 0 Å². The number of nitrogens with zero attached hydrogens (tertiary/aromatic N) is 4. The number of hydrogen-bond donors (Lipinski definition) is 0. The first kappa shape index (κ1) is 11.3. The molecule has 0 aliphatic carbocycles. The highest BCUT2D eigenvalue weighted by molar-refractivity contribution is 5.56. The number of hydrogen-bond acceptors (Lipinski definition) is 6. The molecule has 0 N–H and O–H groups in total. The van der Waals surface area contributed by atoms with Gasteiger partial charge in [0.05, 0.1) is 11.9 Å². The van der Waals surface area contributed by atoms with Gasteiger partial charge in [0.15, 0.2) is 6.61 Å². The van der Waals surface area contributed by atoms with Gasteiger partial charge in [-0.3, -0.25) is 4.98 Å². The molecular formula is C13H10N4O2. The lowest BCUT2D eigenvalue weighted by atomic mass is 10.2. The van der Waals surface area contributed by atoms with Gasteiger partial charge in [-0.1, -0.05) is 6.07 Å². The van der Waals surface area contributed by atoms with E-state index in [1.165, 1.54) is 6.26 Å². The summed E-state index contributed by atoms with van der Waals surface area (Å²) in [5.74, 6) is 0.484. The number of ether oxygens (including phenoxy) is 1. The zero-order valence-corrected chi connectivity index (χ0v) is 9.93. The molecule has 3 rings (SSSR count). The fraction of sp³-hybridized carbons (Fsp3) is 0.0769. The number of oxazole rings is 1. The van der Waals surface area contributed by atoms with E-state index >= 15 is 0 Å². The monoisotopic (exact) mass is 254 g/mol. The van der Waals surface area contributed by atoms with Crippen LogP contribution in [0.5, 0.6) is 6.01 Å². The van der Waals surface area contributed by atoms with Gasteiger partial charge in [-0.15, -0.1) is 0 Å². The quantitative estimate of drug-likeness (QED) is 0.709. The van der Waals surface area contributed by atoms with Crippen LogP contribution in [0.1, 0.15) is 5.89 Å². The van der Waals surface area contributed by atoms with E-state index in [-0.39, 0.29) is 12.6 Å². The molecule has 0 aliphatic heterocycles. The Bertz CT molecular complexity index is 624. The minimum atomic E-state index is 0.204. The summed E-state index contributed by atoms with van der Waals surface area (Å²) in [6.07, 6.45) is 8.11. The van der Waals surface area contributed by atoms with Crippen molar-refractivity contribution in [2.24, 2.45) is 0 Å². The maximum Gasteiger partial charge on any atom is 0.316 e. The van der Waals surface area contributed by atoms with E-state index in [0.717, 1.165) is 11.3 Å². The third kappa shape index (κ3) is 2.74. The van der Waals surface area contributed by atoms with Crippen molar-refractivity contribution in [3.05, 3.63) is 55.1 Å². The summed E-state index contributed by atoms with van der Waals surface area (Å²) in [6.45, 7) is 0.204. The zero-order valence-electron chi connectivity index (χ0n) is 9.93. The second kappa shape index (κ2) is 5.26. The van der Waals surface area contributed by atoms with E-state index < -0.39 is 0 Å². The van der Waals surface area contributed by atoms with Crippen molar-refractivity contribution < 1.29 is 9.15 Å². The van der Waals surface area contributed by atoms with E-state index in [1.807, 2.05) is 18.2 Å². The molecule has 0 amide bonds. The fourth-order valence-electron chi connectivity index (χ4n) is 1.51. The minimum Gasteiger partial charge on any atom is -0.453 e. The Morgan fingerprint density at radius 2 is 1.89 bits per heavy atom. The minimum absolute atomic E-state index is 0.204. The van der Waals surface area contributed by atoms with Crippen LogP contribution in [-0.2, 0) is 6.61 Å². The summed E-state index contributed by atoms with van der Waals surface area (Å²) in [6, 6.07) is 5.94. The Hall–Kier alpha value is -2.76. The molecule has 3 aromatic rings.